The van der Waals surface area contributed by atoms with Gasteiger partial charge in [0.15, 0.2) is 5.16 Å². The molecular weight excluding hydrogens is 508 g/mol. The Kier molecular flexibility index (Phi) is 9.18. The summed E-state index contributed by atoms with van der Waals surface area (Å²) >= 11 is 7.84. The number of carbonyl (C=O) groups is 2. The normalized spacial score (nSPS) is 14.8. The predicted molar refractivity (Wildman–Crippen MR) is 148 cm³/mol. The van der Waals surface area contributed by atoms with Crippen molar-refractivity contribution in [3.05, 3.63) is 82.5 Å². The number of hydrogen-bond acceptors (Lipinski definition) is 7. The minimum Gasteiger partial charge on any atom is -0.383 e. The molecule has 194 valence electrons. The van der Waals surface area contributed by atoms with Crippen LogP contribution in [0.15, 0.2) is 65.8 Å². The molecule has 4 rings (SSSR count). The number of piperidine rings is 1. The van der Waals surface area contributed by atoms with E-state index in [0.29, 0.717) is 47.9 Å². The number of ketones is 1. The number of nitrogens with one attached hydrogen (secondary N) is 1. The van der Waals surface area contributed by atoms with Crippen LogP contribution in [0.5, 0.6) is 0 Å². The summed E-state index contributed by atoms with van der Waals surface area (Å²) in [7, 11) is 1.60. The molecular formula is C28H31ClN4O3S. The van der Waals surface area contributed by atoms with Crippen molar-refractivity contribution < 1.29 is 14.3 Å². The number of nitrogens with zero attached hydrogens (tertiary/aromatic N) is 3. The Labute approximate surface area is 227 Å². The van der Waals surface area contributed by atoms with Gasteiger partial charge in [-0.05, 0) is 43.0 Å². The second kappa shape index (κ2) is 12.5. The second-order valence-electron chi connectivity index (χ2n) is 9.06. The van der Waals surface area contributed by atoms with Crippen molar-refractivity contribution in [2.45, 2.75) is 36.1 Å². The van der Waals surface area contributed by atoms with Crippen LogP contribution in [0.2, 0.25) is 5.15 Å². The van der Waals surface area contributed by atoms with Gasteiger partial charge in [-0.2, -0.15) is 0 Å². The van der Waals surface area contributed by atoms with Gasteiger partial charge < -0.3 is 15.0 Å². The van der Waals surface area contributed by atoms with Crippen molar-refractivity contribution in [1.82, 2.24) is 15.3 Å². The van der Waals surface area contributed by atoms with Gasteiger partial charge >= 0.3 is 0 Å². The van der Waals surface area contributed by atoms with E-state index in [2.05, 4.69) is 15.2 Å². The number of halogens is 1. The van der Waals surface area contributed by atoms with Crippen molar-refractivity contribution in [2.24, 2.45) is 0 Å². The zero-order valence-corrected chi connectivity index (χ0v) is 22.6. The van der Waals surface area contributed by atoms with E-state index in [1.807, 2.05) is 48.5 Å². The number of methoxy groups -OCH3 is 1. The average molecular weight is 539 g/mol. The van der Waals surface area contributed by atoms with Crippen molar-refractivity contribution in [3.8, 4) is 0 Å². The van der Waals surface area contributed by atoms with E-state index in [4.69, 9.17) is 21.3 Å². The Morgan fingerprint density at radius 3 is 2.54 bits per heavy atom. The molecule has 7 nitrogen and oxygen atoms in total. The van der Waals surface area contributed by atoms with Crippen LogP contribution in [0, 0.1) is 0 Å². The molecule has 1 fully saturated rings. The van der Waals surface area contributed by atoms with E-state index >= 15 is 0 Å². The van der Waals surface area contributed by atoms with Crippen LogP contribution in [0.1, 0.15) is 41.3 Å². The molecule has 0 bridgehead atoms. The maximum absolute atomic E-state index is 12.7. The number of hydrogen-bond donors (Lipinski definition) is 1. The van der Waals surface area contributed by atoms with Crippen LogP contribution in [-0.4, -0.2) is 55.0 Å². The van der Waals surface area contributed by atoms with E-state index in [1.54, 1.807) is 26.2 Å². The Balaban J connectivity index is 1.42. The summed E-state index contributed by atoms with van der Waals surface area (Å²) in [5.74, 6) is 1.43. The van der Waals surface area contributed by atoms with Crippen LogP contribution < -0.4 is 10.2 Å². The number of rotatable bonds is 10. The predicted octanol–water partition coefficient (Wildman–Crippen LogP) is 4.93. The number of Topliss-reactive ketones (excluding diaryl/α,β-unsaturated/α-hetero) is 1. The molecule has 0 unspecified atom stereocenters. The first-order valence-electron chi connectivity index (χ1n) is 12.3. The highest BCUT2D eigenvalue weighted by atomic mass is 35.5. The summed E-state index contributed by atoms with van der Waals surface area (Å²) in [6.45, 7) is 4.02. The van der Waals surface area contributed by atoms with Gasteiger partial charge in [-0.1, -0.05) is 65.8 Å². The van der Waals surface area contributed by atoms with Crippen molar-refractivity contribution in [3.63, 3.8) is 0 Å². The SMILES string of the molecule is COCCNC(=O)c1cccc(CSc2nc(Cl)cc(N3CCC(C(C)=O)(c4ccccc4)CC3)n2)c1. The van der Waals surface area contributed by atoms with Gasteiger partial charge in [-0.15, -0.1) is 0 Å². The molecule has 9 heteroatoms. The molecule has 0 saturated carbocycles. The summed E-state index contributed by atoms with van der Waals surface area (Å²) in [4.78, 5) is 36.4. The van der Waals surface area contributed by atoms with Gasteiger partial charge in [0.2, 0.25) is 0 Å². The molecule has 1 aliphatic heterocycles. The molecule has 1 aliphatic rings. The van der Waals surface area contributed by atoms with Gasteiger partial charge in [0.1, 0.15) is 16.8 Å². The van der Waals surface area contributed by atoms with E-state index in [-0.39, 0.29) is 11.7 Å². The lowest BCUT2D eigenvalue weighted by molar-refractivity contribution is -0.123. The maximum Gasteiger partial charge on any atom is 0.251 e. The lowest BCUT2D eigenvalue weighted by atomic mass is 9.70. The number of carbonyl (C=O) groups excluding carboxylic acids is 2. The quantitative estimate of drug-likeness (QED) is 0.170. The van der Waals surface area contributed by atoms with Crippen LogP contribution in [-0.2, 0) is 20.7 Å². The summed E-state index contributed by atoms with van der Waals surface area (Å²) in [6.07, 6.45) is 1.44. The van der Waals surface area contributed by atoms with Gasteiger partial charge in [-0.25, -0.2) is 9.97 Å². The molecule has 1 saturated heterocycles. The summed E-state index contributed by atoms with van der Waals surface area (Å²) in [5.41, 5.74) is 2.20. The largest absolute Gasteiger partial charge is 0.383 e. The number of benzene rings is 2. The monoisotopic (exact) mass is 538 g/mol. The Bertz CT molecular complexity index is 1230. The smallest absolute Gasteiger partial charge is 0.251 e. The molecule has 2 heterocycles. The molecule has 37 heavy (non-hydrogen) atoms. The van der Waals surface area contributed by atoms with E-state index in [9.17, 15) is 9.59 Å². The minimum absolute atomic E-state index is 0.132. The number of aromatic nitrogens is 2. The highest BCUT2D eigenvalue weighted by Crippen LogP contribution is 2.38. The van der Waals surface area contributed by atoms with E-state index in [1.165, 1.54) is 11.8 Å². The second-order valence-corrected chi connectivity index (χ2v) is 10.4. The molecule has 1 aromatic heterocycles. The zero-order chi connectivity index (χ0) is 26.3. The summed E-state index contributed by atoms with van der Waals surface area (Å²) in [6, 6.07) is 19.3. The van der Waals surface area contributed by atoms with Crippen LogP contribution in [0.25, 0.3) is 0 Å². The third-order valence-electron chi connectivity index (χ3n) is 6.75. The third kappa shape index (κ3) is 6.69. The van der Waals surface area contributed by atoms with Crippen molar-refractivity contribution in [1.29, 1.82) is 0 Å². The average Bonchev–Trinajstić information content (AvgIpc) is 2.92. The molecule has 0 aliphatic carbocycles. The van der Waals surface area contributed by atoms with Gasteiger partial charge in [-0.3, -0.25) is 9.59 Å². The first-order chi connectivity index (χ1) is 17.9. The number of anilines is 1. The fourth-order valence-electron chi connectivity index (χ4n) is 4.65. The van der Waals surface area contributed by atoms with Crippen LogP contribution in [0.3, 0.4) is 0 Å². The molecule has 0 spiro atoms. The first-order valence-corrected chi connectivity index (χ1v) is 13.6. The summed E-state index contributed by atoms with van der Waals surface area (Å²) in [5, 5.41) is 3.79. The topological polar surface area (TPSA) is 84.4 Å². The molecule has 1 amide bonds. The van der Waals surface area contributed by atoms with Crippen molar-refractivity contribution >= 4 is 40.9 Å². The Morgan fingerprint density at radius 2 is 1.84 bits per heavy atom. The van der Waals surface area contributed by atoms with Gasteiger partial charge in [0.25, 0.3) is 5.91 Å². The molecule has 3 aromatic rings. The van der Waals surface area contributed by atoms with Crippen molar-refractivity contribution in [2.75, 3.05) is 38.3 Å². The fraction of sp³-hybridized carbons (Fsp3) is 0.357. The number of ether oxygens (including phenoxy) is 1. The molecule has 0 radical (unpaired) electrons. The lowest BCUT2D eigenvalue weighted by Crippen LogP contribution is -2.47. The Hall–Kier alpha value is -2.94. The van der Waals surface area contributed by atoms with E-state index in [0.717, 1.165) is 29.8 Å². The minimum atomic E-state index is -0.465. The fourth-order valence-corrected chi connectivity index (χ4v) is 5.67. The van der Waals surface area contributed by atoms with E-state index < -0.39 is 5.41 Å². The highest BCUT2D eigenvalue weighted by molar-refractivity contribution is 7.98. The standard InChI is InChI=1S/C28H31ClN4O3S/c1-20(34)28(23-9-4-3-5-10-23)11-14-33(15-12-28)25-18-24(29)31-27(32-25)37-19-21-7-6-8-22(17-21)26(35)30-13-16-36-2/h3-10,17-18H,11-16,19H2,1-2H3,(H,30,35). The van der Waals surface area contributed by atoms with Gasteiger partial charge in [0, 0.05) is 44.1 Å². The third-order valence-corrected chi connectivity index (χ3v) is 7.86. The molecule has 0 atom stereocenters. The highest BCUT2D eigenvalue weighted by Gasteiger charge is 2.40. The molecule has 1 N–H and O–H groups in total. The van der Waals surface area contributed by atoms with Gasteiger partial charge in [0.05, 0.1) is 12.0 Å². The summed E-state index contributed by atoms with van der Waals surface area (Å²) < 4.78 is 4.98. The Morgan fingerprint density at radius 1 is 1.08 bits per heavy atom. The lowest BCUT2D eigenvalue weighted by Gasteiger charge is -2.41. The first kappa shape index (κ1) is 27.1. The van der Waals surface area contributed by atoms with Crippen LogP contribution >= 0.6 is 23.4 Å². The molecule has 2 aromatic carbocycles. The van der Waals surface area contributed by atoms with Crippen LogP contribution in [0.4, 0.5) is 5.82 Å². The number of thioether (sulfide) groups is 1. The maximum atomic E-state index is 12.7. The zero-order valence-electron chi connectivity index (χ0n) is 21.1. The number of amides is 1.